The summed E-state index contributed by atoms with van der Waals surface area (Å²) in [6.07, 6.45) is 1.72. The quantitative estimate of drug-likeness (QED) is 0.793. The summed E-state index contributed by atoms with van der Waals surface area (Å²) in [7, 11) is 0. The summed E-state index contributed by atoms with van der Waals surface area (Å²) < 4.78 is 0. The summed E-state index contributed by atoms with van der Waals surface area (Å²) in [6, 6.07) is 4.36. The zero-order valence-corrected chi connectivity index (χ0v) is 10.6. The van der Waals surface area contributed by atoms with Gasteiger partial charge in [0.1, 0.15) is 0 Å². The van der Waals surface area contributed by atoms with Gasteiger partial charge in [0, 0.05) is 37.1 Å². The van der Waals surface area contributed by atoms with Crippen molar-refractivity contribution in [3.63, 3.8) is 0 Å². The number of carbonyl (C=O) groups excluding carboxylic acids is 1. The van der Waals surface area contributed by atoms with E-state index in [-0.39, 0.29) is 5.91 Å². The van der Waals surface area contributed by atoms with Crippen molar-refractivity contribution < 1.29 is 4.79 Å². The smallest absolute Gasteiger partial charge is 0.255 e. The van der Waals surface area contributed by atoms with Gasteiger partial charge in [-0.25, -0.2) is 0 Å². The molecule has 4 nitrogen and oxygen atoms in total. The number of nitrogens with zero attached hydrogens (tertiary/aromatic N) is 2. The lowest BCUT2D eigenvalue weighted by molar-refractivity contribution is 0.0672. The number of amides is 1. The van der Waals surface area contributed by atoms with Gasteiger partial charge in [-0.3, -0.25) is 9.78 Å². The van der Waals surface area contributed by atoms with Crippen molar-refractivity contribution in [3.05, 3.63) is 29.6 Å². The van der Waals surface area contributed by atoms with E-state index in [2.05, 4.69) is 24.1 Å². The van der Waals surface area contributed by atoms with Gasteiger partial charge in [0.25, 0.3) is 5.91 Å². The zero-order chi connectivity index (χ0) is 12.4. The first-order valence-electron chi connectivity index (χ1n) is 6.05. The molecule has 0 radical (unpaired) electrons. The highest BCUT2D eigenvalue weighted by molar-refractivity contribution is 5.95. The Bertz CT molecular complexity index is 409. The number of nitrogens with one attached hydrogen (secondary N) is 1. The molecule has 4 heteroatoms. The standard InChI is InChI=1S/C13H19N3O/c1-9-7-16(8-10(2)15-9)13(17)12-5-4-6-14-11(12)3/h4-6,9-10,15H,7-8H2,1-3H3/t9-,10-/m0/s1. The number of aromatic nitrogens is 1. The second-order valence-electron chi connectivity index (χ2n) is 4.82. The summed E-state index contributed by atoms with van der Waals surface area (Å²) in [6.45, 7) is 7.61. The Balaban J connectivity index is 2.17. The van der Waals surface area contributed by atoms with E-state index < -0.39 is 0 Å². The summed E-state index contributed by atoms with van der Waals surface area (Å²) in [5.74, 6) is 0.0933. The van der Waals surface area contributed by atoms with Gasteiger partial charge in [0.05, 0.1) is 5.56 Å². The minimum Gasteiger partial charge on any atom is -0.335 e. The van der Waals surface area contributed by atoms with E-state index in [9.17, 15) is 4.79 Å². The van der Waals surface area contributed by atoms with Gasteiger partial charge in [0.2, 0.25) is 0 Å². The predicted octanol–water partition coefficient (Wildman–Crippen LogP) is 1.21. The third-order valence-electron chi connectivity index (χ3n) is 3.08. The maximum atomic E-state index is 12.4. The van der Waals surface area contributed by atoms with E-state index in [4.69, 9.17) is 0 Å². The third kappa shape index (κ3) is 2.64. The van der Waals surface area contributed by atoms with Gasteiger partial charge in [-0.05, 0) is 32.9 Å². The Labute approximate surface area is 102 Å². The van der Waals surface area contributed by atoms with Crippen LogP contribution in [0.2, 0.25) is 0 Å². The van der Waals surface area contributed by atoms with Crippen LogP contribution in [0, 0.1) is 6.92 Å². The molecule has 17 heavy (non-hydrogen) atoms. The molecule has 0 bridgehead atoms. The van der Waals surface area contributed by atoms with E-state index >= 15 is 0 Å². The van der Waals surface area contributed by atoms with E-state index in [1.54, 1.807) is 6.20 Å². The van der Waals surface area contributed by atoms with Crippen LogP contribution in [0.3, 0.4) is 0 Å². The molecule has 1 aromatic rings. The second kappa shape index (κ2) is 4.84. The molecule has 1 aromatic heterocycles. The van der Waals surface area contributed by atoms with Crippen LogP contribution < -0.4 is 5.32 Å². The molecule has 1 saturated heterocycles. The fourth-order valence-corrected chi connectivity index (χ4v) is 2.37. The number of rotatable bonds is 1. The van der Waals surface area contributed by atoms with Crippen LogP contribution in [0.25, 0.3) is 0 Å². The fourth-order valence-electron chi connectivity index (χ4n) is 2.37. The minimum atomic E-state index is 0.0933. The van der Waals surface area contributed by atoms with E-state index in [0.29, 0.717) is 17.6 Å². The molecule has 0 unspecified atom stereocenters. The molecule has 1 aliphatic heterocycles. The van der Waals surface area contributed by atoms with Crippen LogP contribution in [0.4, 0.5) is 0 Å². The molecule has 2 rings (SSSR count). The molecular formula is C13H19N3O. The molecule has 1 N–H and O–H groups in total. The van der Waals surface area contributed by atoms with Gasteiger partial charge in [-0.1, -0.05) is 0 Å². The Morgan fingerprint density at radius 2 is 2.06 bits per heavy atom. The summed E-state index contributed by atoms with van der Waals surface area (Å²) in [5.41, 5.74) is 1.52. The Kier molecular flexibility index (Phi) is 3.43. The lowest BCUT2D eigenvalue weighted by Gasteiger charge is -2.36. The topological polar surface area (TPSA) is 45.2 Å². The van der Waals surface area contributed by atoms with Crippen molar-refractivity contribution >= 4 is 5.91 Å². The molecule has 1 aliphatic rings. The molecule has 92 valence electrons. The molecule has 0 saturated carbocycles. The first-order chi connectivity index (χ1) is 8.08. The zero-order valence-electron chi connectivity index (χ0n) is 10.6. The van der Waals surface area contributed by atoms with Crippen molar-refractivity contribution in [1.82, 2.24) is 15.2 Å². The lowest BCUT2D eigenvalue weighted by atomic mass is 10.1. The van der Waals surface area contributed by atoms with Crippen LogP contribution in [-0.2, 0) is 0 Å². The van der Waals surface area contributed by atoms with Crippen LogP contribution in [0.5, 0.6) is 0 Å². The highest BCUT2D eigenvalue weighted by atomic mass is 16.2. The maximum absolute atomic E-state index is 12.4. The number of hydrogen-bond donors (Lipinski definition) is 1. The van der Waals surface area contributed by atoms with Crippen LogP contribution >= 0.6 is 0 Å². The fraction of sp³-hybridized carbons (Fsp3) is 0.538. The van der Waals surface area contributed by atoms with Crippen molar-refractivity contribution in [2.24, 2.45) is 0 Å². The van der Waals surface area contributed by atoms with Crippen molar-refractivity contribution in [2.75, 3.05) is 13.1 Å². The van der Waals surface area contributed by atoms with E-state index in [1.165, 1.54) is 0 Å². The average molecular weight is 233 g/mol. The van der Waals surface area contributed by atoms with Gasteiger partial charge in [-0.2, -0.15) is 0 Å². The maximum Gasteiger partial charge on any atom is 0.255 e. The SMILES string of the molecule is Cc1ncccc1C(=O)N1C[C@H](C)N[C@@H](C)C1. The summed E-state index contributed by atoms with van der Waals surface area (Å²) >= 11 is 0. The minimum absolute atomic E-state index is 0.0933. The first kappa shape index (κ1) is 12.0. The third-order valence-corrected chi connectivity index (χ3v) is 3.08. The number of pyridine rings is 1. The van der Waals surface area contributed by atoms with Crippen molar-refractivity contribution in [1.29, 1.82) is 0 Å². The molecule has 1 fully saturated rings. The summed E-state index contributed by atoms with van der Waals surface area (Å²) in [5, 5.41) is 3.42. The Morgan fingerprint density at radius 1 is 1.41 bits per heavy atom. The highest BCUT2D eigenvalue weighted by Gasteiger charge is 2.26. The lowest BCUT2D eigenvalue weighted by Crippen LogP contribution is -2.55. The predicted molar refractivity (Wildman–Crippen MR) is 66.9 cm³/mol. The van der Waals surface area contributed by atoms with Crippen molar-refractivity contribution in [3.8, 4) is 0 Å². The molecule has 1 amide bonds. The van der Waals surface area contributed by atoms with Crippen molar-refractivity contribution in [2.45, 2.75) is 32.9 Å². The molecule has 0 spiro atoms. The van der Waals surface area contributed by atoms with Gasteiger partial charge in [-0.15, -0.1) is 0 Å². The van der Waals surface area contributed by atoms with Gasteiger partial charge < -0.3 is 10.2 Å². The molecular weight excluding hydrogens is 214 g/mol. The number of piperazine rings is 1. The highest BCUT2D eigenvalue weighted by Crippen LogP contribution is 2.12. The molecule has 0 aliphatic carbocycles. The van der Waals surface area contributed by atoms with Crippen LogP contribution in [-0.4, -0.2) is 41.0 Å². The average Bonchev–Trinajstić information content (AvgIpc) is 2.27. The number of hydrogen-bond acceptors (Lipinski definition) is 3. The molecule has 0 aromatic carbocycles. The second-order valence-corrected chi connectivity index (χ2v) is 4.82. The Hall–Kier alpha value is -1.42. The number of carbonyl (C=O) groups is 1. The van der Waals surface area contributed by atoms with Crippen LogP contribution in [0.1, 0.15) is 29.9 Å². The number of aryl methyl sites for hydroxylation is 1. The summed E-state index contributed by atoms with van der Waals surface area (Å²) in [4.78, 5) is 18.5. The largest absolute Gasteiger partial charge is 0.335 e. The van der Waals surface area contributed by atoms with Gasteiger partial charge >= 0.3 is 0 Å². The monoisotopic (exact) mass is 233 g/mol. The van der Waals surface area contributed by atoms with E-state index in [1.807, 2.05) is 24.0 Å². The Morgan fingerprint density at radius 3 is 2.65 bits per heavy atom. The normalized spacial score (nSPS) is 24.8. The molecule has 2 heterocycles. The first-order valence-corrected chi connectivity index (χ1v) is 6.05. The van der Waals surface area contributed by atoms with Gasteiger partial charge in [0.15, 0.2) is 0 Å². The molecule has 2 atom stereocenters. The van der Waals surface area contributed by atoms with E-state index in [0.717, 1.165) is 18.8 Å². The van der Waals surface area contributed by atoms with Crippen LogP contribution in [0.15, 0.2) is 18.3 Å².